The number of benzene rings is 3. The van der Waals surface area contributed by atoms with Crippen LogP contribution >= 0.6 is 11.6 Å². The quantitative estimate of drug-likeness (QED) is 0.486. The number of ketones is 1. The summed E-state index contributed by atoms with van der Waals surface area (Å²) in [6.07, 6.45) is 2.67. The Balaban J connectivity index is 2.02. The van der Waals surface area contributed by atoms with Crippen LogP contribution in [0.1, 0.15) is 57.9 Å². The Bertz CT molecular complexity index is 1120. The van der Waals surface area contributed by atoms with Gasteiger partial charge >= 0.3 is 0 Å². The van der Waals surface area contributed by atoms with E-state index in [0.717, 1.165) is 52.7 Å². The number of Topliss-reactive ketones (excluding diaryl/α,β-unsaturated/α-hetero) is 1. The van der Waals surface area contributed by atoms with Crippen molar-refractivity contribution in [3.8, 4) is 5.75 Å². The molecule has 0 spiro atoms. The van der Waals surface area contributed by atoms with E-state index in [1.54, 1.807) is 13.0 Å². The van der Waals surface area contributed by atoms with Crippen LogP contribution < -0.4 is 0 Å². The lowest BCUT2D eigenvalue weighted by Gasteiger charge is -2.18. The third kappa shape index (κ3) is 3.86. The molecule has 0 aromatic heterocycles. The Labute approximate surface area is 176 Å². The topological polar surface area (TPSA) is 37.3 Å². The van der Waals surface area contributed by atoms with E-state index >= 15 is 0 Å². The van der Waals surface area contributed by atoms with Crippen molar-refractivity contribution in [2.75, 3.05) is 0 Å². The second-order valence-electron chi connectivity index (χ2n) is 7.66. The summed E-state index contributed by atoms with van der Waals surface area (Å²) in [7, 11) is 0. The van der Waals surface area contributed by atoms with Crippen LogP contribution in [0.3, 0.4) is 0 Å². The first-order valence-electron chi connectivity index (χ1n) is 9.87. The molecule has 1 aliphatic rings. The zero-order valence-corrected chi connectivity index (χ0v) is 17.4. The zero-order valence-electron chi connectivity index (χ0n) is 16.6. The molecule has 0 fully saturated rings. The molecule has 3 aromatic rings. The van der Waals surface area contributed by atoms with Crippen molar-refractivity contribution in [1.29, 1.82) is 0 Å². The van der Waals surface area contributed by atoms with Crippen LogP contribution in [0.5, 0.6) is 5.75 Å². The number of carbonyl (C=O) groups excluding carboxylic acids is 1. The molecule has 0 heterocycles. The molecule has 146 valence electrons. The zero-order chi connectivity index (χ0) is 20.5. The van der Waals surface area contributed by atoms with E-state index in [1.807, 2.05) is 24.3 Å². The number of phenols is 1. The minimum Gasteiger partial charge on any atom is -0.507 e. The summed E-state index contributed by atoms with van der Waals surface area (Å²) in [6, 6.07) is 19.8. The summed E-state index contributed by atoms with van der Waals surface area (Å²) < 4.78 is 0. The Morgan fingerprint density at radius 1 is 0.931 bits per heavy atom. The molecule has 0 aliphatic heterocycles. The maximum absolute atomic E-state index is 11.9. The molecule has 3 aromatic carbocycles. The fourth-order valence-electron chi connectivity index (χ4n) is 4.09. The van der Waals surface area contributed by atoms with Crippen LogP contribution in [-0.4, -0.2) is 10.9 Å². The highest BCUT2D eigenvalue weighted by atomic mass is 35.5. The molecule has 0 unspecified atom stereocenters. The van der Waals surface area contributed by atoms with E-state index in [9.17, 15) is 9.90 Å². The molecule has 3 heteroatoms. The standard InChI is InChI=1S/C26H23ClO2/c1-16-6-8-18(9-7-16)26-22-12-10-19(17(2)28)14-20(22)4-3-5-24(26)23-13-11-21(27)15-25(23)29/h6-15,29H,3-5H2,1-2H3. The van der Waals surface area contributed by atoms with E-state index in [0.29, 0.717) is 5.02 Å². The van der Waals surface area contributed by atoms with Crippen LogP contribution in [0.4, 0.5) is 0 Å². The average molecular weight is 403 g/mol. The van der Waals surface area contributed by atoms with E-state index in [1.165, 1.54) is 11.1 Å². The Morgan fingerprint density at radius 3 is 2.34 bits per heavy atom. The number of halogens is 1. The molecule has 0 saturated carbocycles. The molecule has 0 atom stereocenters. The van der Waals surface area contributed by atoms with Gasteiger partial charge in [-0.05, 0) is 85.2 Å². The first-order chi connectivity index (χ1) is 13.9. The van der Waals surface area contributed by atoms with Crippen LogP contribution in [0.15, 0.2) is 60.7 Å². The number of fused-ring (bicyclic) bond motifs is 1. The molecule has 0 amide bonds. The van der Waals surface area contributed by atoms with Crippen molar-refractivity contribution in [1.82, 2.24) is 0 Å². The maximum atomic E-state index is 11.9. The molecular weight excluding hydrogens is 380 g/mol. The molecular formula is C26H23ClO2. The molecule has 0 bridgehead atoms. The SMILES string of the molecule is CC(=O)c1ccc2c(c1)CCCC(c1ccc(Cl)cc1O)=C2c1ccc(C)cc1. The van der Waals surface area contributed by atoms with Gasteiger partial charge in [0.25, 0.3) is 0 Å². The van der Waals surface area contributed by atoms with Crippen molar-refractivity contribution in [2.24, 2.45) is 0 Å². The number of aromatic hydroxyl groups is 1. The predicted octanol–water partition coefficient (Wildman–Crippen LogP) is 6.85. The summed E-state index contributed by atoms with van der Waals surface area (Å²) in [4.78, 5) is 11.9. The molecule has 29 heavy (non-hydrogen) atoms. The number of aryl methyl sites for hydroxylation is 2. The number of allylic oxidation sites excluding steroid dienone is 1. The average Bonchev–Trinajstić information content (AvgIpc) is 2.87. The normalized spacial score (nSPS) is 13.8. The van der Waals surface area contributed by atoms with Gasteiger partial charge in [0.05, 0.1) is 0 Å². The lowest BCUT2D eigenvalue weighted by molar-refractivity contribution is 0.101. The number of hydrogen-bond donors (Lipinski definition) is 1. The minimum absolute atomic E-state index is 0.0773. The number of rotatable bonds is 3. The molecule has 0 saturated heterocycles. The lowest BCUT2D eigenvalue weighted by atomic mass is 9.86. The Kier molecular flexibility index (Phi) is 5.29. The first kappa shape index (κ1) is 19.5. The fourth-order valence-corrected chi connectivity index (χ4v) is 4.25. The maximum Gasteiger partial charge on any atom is 0.159 e. The first-order valence-corrected chi connectivity index (χ1v) is 10.2. The van der Waals surface area contributed by atoms with Crippen molar-refractivity contribution < 1.29 is 9.90 Å². The second-order valence-corrected chi connectivity index (χ2v) is 8.10. The van der Waals surface area contributed by atoms with Gasteiger partial charge in [0, 0.05) is 16.1 Å². The predicted molar refractivity (Wildman–Crippen MR) is 120 cm³/mol. The fraction of sp³-hybridized carbons (Fsp3) is 0.192. The van der Waals surface area contributed by atoms with Crippen LogP contribution in [0.25, 0.3) is 11.1 Å². The van der Waals surface area contributed by atoms with Crippen molar-refractivity contribution in [2.45, 2.75) is 33.1 Å². The second kappa shape index (κ2) is 7.88. The lowest BCUT2D eigenvalue weighted by Crippen LogP contribution is -2.00. The summed E-state index contributed by atoms with van der Waals surface area (Å²) in [6.45, 7) is 3.68. The van der Waals surface area contributed by atoms with Crippen molar-refractivity contribution in [3.05, 3.63) is 99.1 Å². The highest BCUT2D eigenvalue weighted by Gasteiger charge is 2.22. The van der Waals surface area contributed by atoms with Crippen molar-refractivity contribution in [3.63, 3.8) is 0 Å². The Hall–Kier alpha value is -2.84. The highest BCUT2D eigenvalue weighted by molar-refractivity contribution is 6.30. The third-order valence-corrected chi connectivity index (χ3v) is 5.82. The molecule has 4 rings (SSSR count). The number of phenolic OH excluding ortho intramolecular Hbond substituents is 1. The van der Waals surface area contributed by atoms with Crippen LogP contribution in [0.2, 0.25) is 5.02 Å². The molecule has 0 radical (unpaired) electrons. The smallest absolute Gasteiger partial charge is 0.159 e. The van der Waals surface area contributed by atoms with Gasteiger partial charge in [0.15, 0.2) is 5.78 Å². The van der Waals surface area contributed by atoms with Gasteiger partial charge in [-0.25, -0.2) is 0 Å². The van der Waals surface area contributed by atoms with Gasteiger partial charge in [0.2, 0.25) is 0 Å². The molecule has 1 aliphatic carbocycles. The molecule has 1 N–H and O–H groups in total. The minimum atomic E-state index is 0.0773. The van der Waals surface area contributed by atoms with E-state index < -0.39 is 0 Å². The largest absolute Gasteiger partial charge is 0.507 e. The van der Waals surface area contributed by atoms with Gasteiger partial charge < -0.3 is 5.11 Å². The summed E-state index contributed by atoms with van der Waals surface area (Å²) in [5.41, 5.74) is 8.39. The summed E-state index contributed by atoms with van der Waals surface area (Å²) >= 11 is 6.08. The monoisotopic (exact) mass is 402 g/mol. The van der Waals surface area contributed by atoms with Gasteiger partial charge in [-0.3, -0.25) is 4.79 Å². The van der Waals surface area contributed by atoms with Crippen molar-refractivity contribution >= 4 is 28.5 Å². The van der Waals surface area contributed by atoms with E-state index in [2.05, 4.69) is 37.3 Å². The van der Waals surface area contributed by atoms with Gasteiger partial charge in [-0.2, -0.15) is 0 Å². The Morgan fingerprint density at radius 2 is 1.66 bits per heavy atom. The van der Waals surface area contributed by atoms with E-state index in [-0.39, 0.29) is 11.5 Å². The summed E-state index contributed by atoms with van der Waals surface area (Å²) in [5, 5.41) is 11.2. The van der Waals surface area contributed by atoms with Gasteiger partial charge in [-0.15, -0.1) is 0 Å². The van der Waals surface area contributed by atoms with Gasteiger partial charge in [-0.1, -0.05) is 53.6 Å². The van der Waals surface area contributed by atoms with Crippen LogP contribution in [0, 0.1) is 6.92 Å². The third-order valence-electron chi connectivity index (χ3n) is 5.58. The van der Waals surface area contributed by atoms with Gasteiger partial charge in [0.1, 0.15) is 5.75 Å². The number of hydrogen-bond acceptors (Lipinski definition) is 2. The van der Waals surface area contributed by atoms with Crippen LogP contribution in [-0.2, 0) is 6.42 Å². The van der Waals surface area contributed by atoms with E-state index in [4.69, 9.17) is 11.6 Å². The highest BCUT2D eigenvalue weighted by Crippen LogP contribution is 2.42. The summed E-state index contributed by atoms with van der Waals surface area (Å²) in [5.74, 6) is 0.273. The number of carbonyl (C=O) groups is 1. The molecule has 2 nitrogen and oxygen atoms in total.